The van der Waals surface area contributed by atoms with Crippen molar-refractivity contribution in [3.8, 4) is 23.0 Å². The first-order valence-electron chi connectivity index (χ1n) is 17.8. The number of fused-ring (bicyclic) bond motifs is 1. The van der Waals surface area contributed by atoms with Crippen LogP contribution in [0, 0.1) is 10.1 Å². The molecule has 0 aromatic heterocycles. The van der Waals surface area contributed by atoms with Gasteiger partial charge in [0, 0.05) is 19.2 Å². The van der Waals surface area contributed by atoms with Gasteiger partial charge in [0.2, 0.25) is 11.7 Å². The van der Waals surface area contributed by atoms with Gasteiger partial charge < -0.3 is 23.8 Å². The molecule has 0 spiro atoms. The molecule has 1 heterocycles. The number of nitro groups is 1. The van der Waals surface area contributed by atoms with Crippen molar-refractivity contribution in [2.75, 3.05) is 42.7 Å². The van der Waals surface area contributed by atoms with Crippen LogP contribution in [0.2, 0.25) is 5.02 Å². The fourth-order valence-corrected chi connectivity index (χ4v) is 6.21. The standard InChI is InChI=1S/C15H11ClF3NO4.C14H20ClNO2.C11H11Cl2NO2/c1-2-23-14-8-10(4-5-12(14)20(21)22)24-13-6-3-9(7-11(13)16)15(17,18)19;1-4-11-7-6-8-12(5-2)14(11)16(10-18-3)13(17)9-15;1-7-6-16-9-5-3-2-4-8(9)14(7)11(15)10(12)13/h3-8H,2H2,1H3;6-8H,4-5,9-10H2,1-3H3;2-5,7,10H,6H2,1H3. The van der Waals surface area contributed by atoms with Crippen LogP contribution in [-0.2, 0) is 33.3 Å². The average molecular weight is 892 g/mol. The summed E-state index contributed by atoms with van der Waals surface area (Å²) >= 11 is 22.7. The van der Waals surface area contributed by atoms with Crippen molar-refractivity contribution in [1.29, 1.82) is 0 Å². The predicted octanol–water partition coefficient (Wildman–Crippen LogP) is 11.0. The van der Waals surface area contributed by atoms with Gasteiger partial charge >= 0.3 is 11.9 Å². The Morgan fingerprint density at radius 3 is 2.17 bits per heavy atom. The van der Waals surface area contributed by atoms with Crippen LogP contribution >= 0.6 is 46.4 Å². The Morgan fingerprint density at radius 2 is 1.64 bits per heavy atom. The Hall–Kier alpha value is -4.47. The van der Waals surface area contributed by atoms with Crippen molar-refractivity contribution >= 4 is 75.3 Å². The largest absolute Gasteiger partial charge is 0.489 e. The number of alkyl halides is 6. The fraction of sp³-hybridized carbons (Fsp3) is 0.350. The zero-order valence-electron chi connectivity index (χ0n) is 32.2. The van der Waals surface area contributed by atoms with Crippen molar-refractivity contribution in [1.82, 2.24) is 0 Å². The van der Waals surface area contributed by atoms with Gasteiger partial charge in [-0.15, -0.1) is 11.6 Å². The fourth-order valence-electron chi connectivity index (χ4n) is 5.63. The molecular formula is C40H42Cl4F3N3O8. The Bertz CT molecular complexity index is 2000. The van der Waals surface area contributed by atoms with E-state index in [-0.39, 0.29) is 65.0 Å². The number of methoxy groups -OCH3 is 1. The zero-order chi connectivity index (χ0) is 43.2. The first-order valence-corrected chi connectivity index (χ1v) is 19.6. The molecule has 1 atom stereocenters. The molecule has 0 N–H and O–H groups in total. The maximum atomic E-state index is 12.6. The zero-order valence-corrected chi connectivity index (χ0v) is 35.2. The SMILES string of the molecule is CC1COc2ccccc2N1C(=O)C(Cl)Cl.CCOc1cc(Oc2ccc(C(F)(F)F)cc2Cl)ccc1[N+](=O)[O-].CCc1cccc(CC)c1N(COC)C(=O)CCl. The number of benzene rings is 4. The summed E-state index contributed by atoms with van der Waals surface area (Å²) in [5.74, 6) is 0.322. The number of ether oxygens (including phenoxy) is 4. The molecule has 0 saturated heterocycles. The van der Waals surface area contributed by atoms with Crippen molar-refractivity contribution in [3.63, 3.8) is 0 Å². The number of anilines is 2. The number of hydrogen-bond acceptors (Lipinski definition) is 8. The van der Waals surface area contributed by atoms with E-state index in [2.05, 4.69) is 13.8 Å². The maximum absolute atomic E-state index is 12.6. The molecule has 0 bridgehead atoms. The monoisotopic (exact) mass is 889 g/mol. The highest BCUT2D eigenvalue weighted by atomic mass is 35.5. The molecule has 314 valence electrons. The van der Waals surface area contributed by atoms with Crippen LogP contribution in [0.15, 0.2) is 78.9 Å². The van der Waals surface area contributed by atoms with Crippen LogP contribution < -0.4 is 24.0 Å². The molecular weight excluding hydrogens is 849 g/mol. The van der Waals surface area contributed by atoms with Crippen LogP contribution in [0.4, 0.5) is 30.2 Å². The first-order chi connectivity index (χ1) is 27.5. The highest BCUT2D eigenvalue weighted by Crippen LogP contribution is 2.39. The summed E-state index contributed by atoms with van der Waals surface area (Å²) in [4.78, 5) is 36.3. The second-order valence-electron chi connectivity index (χ2n) is 12.2. The number of para-hydroxylation sites is 3. The highest BCUT2D eigenvalue weighted by Gasteiger charge is 2.33. The number of nitrogens with zero attached hydrogens (tertiary/aromatic N) is 3. The van der Waals surface area contributed by atoms with Crippen LogP contribution in [0.5, 0.6) is 23.0 Å². The van der Waals surface area contributed by atoms with E-state index in [0.29, 0.717) is 12.4 Å². The van der Waals surface area contributed by atoms with E-state index >= 15 is 0 Å². The summed E-state index contributed by atoms with van der Waals surface area (Å²) in [6, 6.07) is 19.8. The van der Waals surface area contributed by atoms with Crippen molar-refractivity contribution in [2.24, 2.45) is 0 Å². The Morgan fingerprint density at radius 1 is 0.983 bits per heavy atom. The third kappa shape index (κ3) is 12.8. The Labute approximate surface area is 354 Å². The number of nitro benzene ring substituents is 1. The minimum absolute atomic E-state index is 0.0111. The molecule has 5 rings (SSSR count). The molecule has 1 aliphatic heterocycles. The first kappa shape index (κ1) is 47.9. The summed E-state index contributed by atoms with van der Waals surface area (Å²) in [7, 11) is 1.58. The summed E-state index contributed by atoms with van der Waals surface area (Å²) in [6.07, 6.45) is -2.77. The summed E-state index contributed by atoms with van der Waals surface area (Å²) in [6.45, 7) is 8.58. The lowest BCUT2D eigenvalue weighted by molar-refractivity contribution is -0.385. The van der Waals surface area contributed by atoms with Crippen LogP contribution in [0.3, 0.4) is 0 Å². The minimum atomic E-state index is -4.52. The van der Waals surface area contributed by atoms with Crippen molar-refractivity contribution in [2.45, 2.75) is 57.6 Å². The molecule has 1 unspecified atom stereocenters. The summed E-state index contributed by atoms with van der Waals surface area (Å²) < 4.78 is 59.0. The number of rotatable bonds is 12. The van der Waals surface area contributed by atoms with Gasteiger partial charge in [0.05, 0.1) is 39.5 Å². The second kappa shape index (κ2) is 22.6. The maximum Gasteiger partial charge on any atom is 0.416 e. The van der Waals surface area contributed by atoms with Gasteiger partial charge in [0.15, 0.2) is 4.84 Å². The van der Waals surface area contributed by atoms with Gasteiger partial charge in [-0.05, 0) is 74.2 Å². The van der Waals surface area contributed by atoms with Crippen molar-refractivity contribution in [3.05, 3.63) is 111 Å². The lowest BCUT2D eigenvalue weighted by Gasteiger charge is -2.35. The molecule has 1 aliphatic rings. The van der Waals surface area contributed by atoms with Gasteiger partial charge in [-0.25, -0.2) is 0 Å². The topological polar surface area (TPSA) is 121 Å². The molecule has 2 amide bonds. The molecule has 11 nitrogen and oxygen atoms in total. The van der Waals surface area contributed by atoms with E-state index in [4.69, 9.17) is 65.4 Å². The minimum Gasteiger partial charge on any atom is -0.489 e. The van der Waals surface area contributed by atoms with Crippen LogP contribution in [0.1, 0.15) is 44.4 Å². The predicted molar refractivity (Wildman–Crippen MR) is 220 cm³/mol. The number of carbonyl (C=O) groups is 2. The molecule has 58 heavy (non-hydrogen) atoms. The van der Waals surface area contributed by atoms with Gasteiger partial charge in [-0.3, -0.25) is 24.6 Å². The lowest BCUT2D eigenvalue weighted by Crippen LogP contribution is -2.47. The van der Waals surface area contributed by atoms with Gasteiger partial charge in [0.1, 0.15) is 36.5 Å². The third-order valence-corrected chi connectivity index (χ3v) is 9.19. The second-order valence-corrected chi connectivity index (χ2v) is 14.0. The molecule has 4 aromatic rings. The quantitative estimate of drug-likeness (QED) is 0.0597. The molecule has 18 heteroatoms. The van der Waals surface area contributed by atoms with E-state index in [9.17, 15) is 32.9 Å². The van der Waals surface area contributed by atoms with E-state index in [1.54, 1.807) is 23.8 Å². The Balaban J connectivity index is 0.000000239. The molecule has 0 radical (unpaired) electrons. The number of hydrogen-bond donors (Lipinski definition) is 0. The Kier molecular flexibility index (Phi) is 18.7. The number of carbonyl (C=O) groups excluding carboxylic acids is 2. The smallest absolute Gasteiger partial charge is 0.416 e. The average Bonchev–Trinajstić information content (AvgIpc) is 3.20. The normalized spacial score (nSPS) is 13.2. The van der Waals surface area contributed by atoms with E-state index < -0.39 is 21.5 Å². The highest BCUT2D eigenvalue weighted by molar-refractivity contribution is 6.54. The summed E-state index contributed by atoms with van der Waals surface area (Å²) in [5, 5.41) is 10.7. The number of aryl methyl sites for hydroxylation is 2. The van der Waals surface area contributed by atoms with Gasteiger partial charge in [-0.1, -0.05) is 79.0 Å². The van der Waals surface area contributed by atoms with Crippen LogP contribution in [-0.4, -0.2) is 60.6 Å². The van der Waals surface area contributed by atoms with E-state index in [0.717, 1.165) is 53.5 Å². The lowest BCUT2D eigenvalue weighted by atomic mass is 10.0. The van der Waals surface area contributed by atoms with Gasteiger partial charge in [0.25, 0.3) is 5.91 Å². The molecule has 4 aromatic carbocycles. The van der Waals surface area contributed by atoms with E-state index in [1.807, 2.05) is 49.4 Å². The molecule has 0 saturated carbocycles. The summed E-state index contributed by atoms with van der Waals surface area (Å²) in [5.41, 5.74) is 2.81. The van der Waals surface area contributed by atoms with E-state index in [1.165, 1.54) is 18.2 Å². The number of amides is 2. The van der Waals surface area contributed by atoms with Crippen LogP contribution in [0.25, 0.3) is 0 Å². The number of halogens is 7. The molecule has 0 fully saturated rings. The third-order valence-electron chi connectivity index (χ3n) is 8.29. The molecule has 0 aliphatic carbocycles. The van der Waals surface area contributed by atoms with Crippen molar-refractivity contribution < 1.29 is 46.6 Å². The van der Waals surface area contributed by atoms with Gasteiger partial charge in [-0.2, -0.15) is 13.2 Å².